The van der Waals surface area contributed by atoms with Gasteiger partial charge in [0.25, 0.3) is 5.91 Å². The maximum Gasteiger partial charge on any atom is 0.281 e. The molecule has 0 unspecified atom stereocenters. The zero-order chi connectivity index (χ0) is 17.1. The third kappa shape index (κ3) is 3.87. The van der Waals surface area contributed by atoms with Gasteiger partial charge < -0.3 is 5.11 Å². The van der Waals surface area contributed by atoms with E-state index in [0.717, 1.165) is 23.2 Å². The van der Waals surface area contributed by atoms with Gasteiger partial charge in [-0.2, -0.15) is 5.10 Å². The summed E-state index contributed by atoms with van der Waals surface area (Å²) < 4.78 is 0.837. The van der Waals surface area contributed by atoms with Gasteiger partial charge >= 0.3 is 0 Å². The van der Waals surface area contributed by atoms with Crippen molar-refractivity contribution in [2.24, 2.45) is 11.0 Å². The number of aryl methyl sites for hydroxylation is 1. The van der Waals surface area contributed by atoms with Crippen molar-refractivity contribution in [3.63, 3.8) is 0 Å². The number of halogens is 1. The molecule has 2 aromatic rings. The van der Waals surface area contributed by atoms with Gasteiger partial charge in [-0.15, -0.1) is 11.3 Å². The van der Waals surface area contributed by atoms with Gasteiger partial charge in [-0.1, -0.05) is 29.3 Å². The van der Waals surface area contributed by atoms with Gasteiger partial charge in [0.2, 0.25) is 0 Å². The third-order valence-corrected chi connectivity index (χ3v) is 6.07. The van der Waals surface area contributed by atoms with Crippen LogP contribution in [-0.2, 0) is 12.8 Å². The largest absolute Gasteiger partial charge is 0.507 e. The van der Waals surface area contributed by atoms with E-state index in [2.05, 4.69) is 33.4 Å². The number of hydrogen-bond donors (Lipinski definition) is 2. The average molecular weight is 407 g/mol. The molecule has 0 radical (unpaired) electrons. The Kier molecular flexibility index (Phi) is 5.36. The normalized spacial score (nSPS) is 17.0. The Balaban J connectivity index is 1.66. The number of benzene rings is 1. The van der Waals surface area contributed by atoms with E-state index < -0.39 is 0 Å². The molecule has 1 aliphatic rings. The Morgan fingerprint density at radius 1 is 1.50 bits per heavy atom. The molecule has 1 aliphatic carbocycles. The monoisotopic (exact) mass is 406 g/mol. The number of carbonyl (C=O) groups excluding carboxylic acids is 1. The van der Waals surface area contributed by atoms with Crippen molar-refractivity contribution < 1.29 is 9.90 Å². The average Bonchev–Trinajstić information content (AvgIpc) is 3.01. The van der Waals surface area contributed by atoms with Crippen molar-refractivity contribution in [2.45, 2.75) is 32.6 Å². The fraction of sp³-hybridized carbons (Fsp3) is 0.333. The Morgan fingerprint density at radius 3 is 3.12 bits per heavy atom. The lowest BCUT2D eigenvalue weighted by atomic mass is 9.87. The molecule has 1 heterocycles. The zero-order valence-electron chi connectivity index (χ0n) is 13.4. The van der Waals surface area contributed by atoms with Crippen molar-refractivity contribution in [3.8, 4) is 5.75 Å². The van der Waals surface area contributed by atoms with Crippen LogP contribution in [0.25, 0.3) is 0 Å². The predicted octanol–water partition coefficient (Wildman–Crippen LogP) is 4.50. The third-order valence-electron chi connectivity index (χ3n) is 4.35. The molecule has 0 saturated carbocycles. The summed E-state index contributed by atoms with van der Waals surface area (Å²) in [5.41, 5.74) is 4.40. The molecule has 1 amide bonds. The number of aromatic hydroxyl groups is 1. The SMILES string of the molecule is CC[C@H]1CCc2sc(C(=O)N/N=C/c3cc(Br)ccc3O)cc2C1. The van der Waals surface area contributed by atoms with Gasteiger partial charge in [-0.3, -0.25) is 4.79 Å². The van der Waals surface area contributed by atoms with Crippen molar-refractivity contribution >= 4 is 39.4 Å². The van der Waals surface area contributed by atoms with Crippen molar-refractivity contribution in [3.05, 3.63) is 49.6 Å². The number of nitrogens with one attached hydrogen (secondary N) is 1. The summed E-state index contributed by atoms with van der Waals surface area (Å²) in [5.74, 6) is 0.655. The molecule has 0 bridgehead atoms. The van der Waals surface area contributed by atoms with E-state index in [-0.39, 0.29) is 11.7 Å². The second kappa shape index (κ2) is 7.49. The van der Waals surface area contributed by atoms with Crippen LogP contribution in [0, 0.1) is 5.92 Å². The lowest BCUT2D eigenvalue weighted by Crippen LogP contribution is -2.16. The van der Waals surface area contributed by atoms with Gasteiger partial charge in [0, 0.05) is 14.9 Å². The summed E-state index contributed by atoms with van der Waals surface area (Å²) in [6, 6.07) is 7.05. The second-order valence-corrected chi connectivity index (χ2v) is 8.03. The Bertz CT molecular complexity index is 785. The molecule has 4 nitrogen and oxygen atoms in total. The van der Waals surface area contributed by atoms with E-state index in [0.29, 0.717) is 10.4 Å². The first kappa shape index (κ1) is 17.2. The molecule has 126 valence electrons. The molecule has 0 aliphatic heterocycles. The minimum Gasteiger partial charge on any atom is -0.507 e. The number of carbonyl (C=O) groups is 1. The van der Waals surface area contributed by atoms with Crippen LogP contribution in [0.2, 0.25) is 0 Å². The van der Waals surface area contributed by atoms with Crippen LogP contribution in [0.1, 0.15) is 45.4 Å². The number of nitrogens with zero attached hydrogens (tertiary/aromatic N) is 1. The van der Waals surface area contributed by atoms with Gasteiger partial charge in [0.15, 0.2) is 0 Å². The van der Waals surface area contributed by atoms with Crippen LogP contribution in [0.15, 0.2) is 33.8 Å². The number of fused-ring (bicyclic) bond motifs is 1. The number of phenols is 1. The standard InChI is InChI=1S/C18H19BrN2O2S/c1-2-11-3-6-16-12(7-11)9-17(24-16)18(23)21-20-10-13-8-14(19)4-5-15(13)22/h4-5,8-11,22H,2-3,6-7H2,1H3,(H,21,23)/b20-10+/t11-/m0/s1. The van der Waals surface area contributed by atoms with E-state index in [9.17, 15) is 9.90 Å². The number of rotatable bonds is 4. The first-order valence-corrected chi connectivity index (χ1v) is 9.61. The molecule has 1 aromatic carbocycles. The summed E-state index contributed by atoms with van der Waals surface area (Å²) in [6.45, 7) is 2.22. The number of hydrogen-bond acceptors (Lipinski definition) is 4. The van der Waals surface area contributed by atoms with Crippen LogP contribution in [0.4, 0.5) is 0 Å². The highest BCUT2D eigenvalue weighted by molar-refractivity contribution is 9.10. The van der Waals surface area contributed by atoms with Crippen LogP contribution >= 0.6 is 27.3 Å². The first-order chi connectivity index (χ1) is 11.6. The second-order valence-electron chi connectivity index (χ2n) is 5.98. The van der Waals surface area contributed by atoms with Crippen LogP contribution in [0.5, 0.6) is 5.75 Å². The topological polar surface area (TPSA) is 61.7 Å². The molecule has 0 spiro atoms. The number of phenolic OH excluding ortho intramolecular Hbond substituents is 1. The Morgan fingerprint density at radius 2 is 2.33 bits per heavy atom. The number of amides is 1. The van der Waals surface area contributed by atoms with E-state index >= 15 is 0 Å². The quantitative estimate of drug-likeness (QED) is 0.579. The molecule has 1 atom stereocenters. The van der Waals surface area contributed by atoms with Crippen LogP contribution < -0.4 is 5.43 Å². The highest BCUT2D eigenvalue weighted by atomic mass is 79.9. The predicted molar refractivity (Wildman–Crippen MR) is 101 cm³/mol. The molecule has 0 saturated heterocycles. The minimum absolute atomic E-state index is 0.119. The molecule has 0 fully saturated rings. The number of hydrazone groups is 1. The summed E-state index contributed by atoms with van der Waals surface area (Å²) >= 11 is 4.90. The van der Waals surface area contributed by atoms with Crippen LogP contribution in [0.3, 0.4) is 0 Å². The van der Waals surface area contributed by atoms with E-state index in [1.54, 1.807) is 29.5 Å². The summed E-state index contributed by atoms with van der Waals surface area (Å²) in [5, 5.41) is 13.7. The fourth-order valence-electron chi connectivity index (χ4n) is 2.90. The van der Waals surface area contributed by atoms with E-state index in [1.807, 2.05) is 6.07 Å². The molecule has 6 heteroatoms. The molecule has 2 N–H and O–H groups in total. The molecular formula is C18H19BrN2O2S. The van der Waals surface area contributed by atoms with Gasteiger partial charge in [0.05, 0.1) is 11.1 Å². The molecule has 1 aromatic heterocycles. The van der Waals surface area contributed by atoms with Gasteiger partial charge in [0.1, 0.15) is 5.75 Å². The summed E-state index contributed by atoms with van der Waals surface area (Å²) in [6.07, 6.45) is 5.99. The van der Waals surface area contributed by atoms with Crippen molar-refractivity contribution in [1.82, 2.24) is 5.43 Å². The van der Waals surface area contributed by atoms with E-state index in [4.69, 9.17) is 0 Å². The molecule has 3 rings (SSSR count). The van der Waals surface area contributed by atoms with Crippen LogP contribution in [-0.4, -0.2) is 17.2 Å². The lowest BCUT2D eigenvalue weighted by Gasteiger charge is -2.19. The Hall–Kier alpha value is -1.66. The highest BCUT2D eigenvalue weighted by Gasteiger charge is 2.21. The maximum absolute atomic E-state index is 12.3. The zero-order valence-corrected chi connectivity index (χ0v) is 15.8. The first-order valence-electron chi connectivity index (χ1n) is 8.00. The van der Waals surface area contributed by atoms with Gasteiger partial charge in [-0.25, -0.2) is 5.43 Å². The molecular weight excluding hydrogens is 388 g/mol. The lowest BCUT2D eigenvalue weighted by molar-refractivity contribution is 0.0959. The maximum atomic E-state index is 12.3. The van der Waals surface area contributed by atoms with Crippen molar-refractivity contribution in [2.75, 3.05) is 0 Å². The number of thiophene rings is 1. The van der Waals surface area contributed by atoms with Gasteiger partial charge in [-0.05, 0) is 55.0 Å². The fourth-order valence-corrected chi connectivity index (χ4v) is 4.38. The molecule has 24 heavy (non-hydrogen) atoms. The summed E-state index contributed by atoms with van der Waals surface area (Å²) in [4.78, 5) is 14.3. The summed E-state index contributed by atoms with van der Waals surface area (Å²) in [7, 11) is 0. The Labute approximate surface area is 153 Å². The smallest absolute Gasteiger partial charge is 0.281 e. The minimum atomic E-state index is -0.201. The van der Waals surface area contributed by atoms with E-state index in [1.165, 1.54) is 29.5 Å². The highest BCUT2D eigenvalue weighted by Crippen LogP contribution is 2.33. The van der Waals surface area contributed by atoms with Crippen molar-refractivity contribution in [1.29, 1.82) is 0 Å².